The number of hydrogen-bond acceptors (Lipinski definition) is 4. The van der Waals surface area contributed by atoms with Crippen LogP contribution in [0.3, 0.4) is 0 Å². The minimum Gasteiger partial charge on any atom is -0.496 e. The summed E-state index contributed by atoms with van der Waals surface area (Å²) in [5, 5.41) is 0.595. The molecule has 2 aromatic rings. The van der Waals surface area contributed by atoms with Crippen molar-refractivity contribution in [1.29, 1.82) is 0 Å². The Kier molecular flexibility index (Phi) is 7.96. The van der Waals surface area contributed by atoms with Crippen LogP contribution in [0.4, 0.5) is 0 Å². The zero-order chi connectivity index (χ0) is 20.5. The van der Waals surface area contributed by atoms with Crippen LogP contribution in [-0.4, -0.2) is 38.7 Å². The van der Waals surface area contributed by atoms with E-state index in [9.17, 15) is 4.79 Å². The molecule has 2 rings (SSSR count). The lowest BCUT2D eigenvalue weighted by atomic mass is 10.1. The molecule has 0 bridgehead atoms. The zero-order valence-electron chi connectivity index (χ0n) is 16.3. The maximum atomic E-state index is 12.5. The maximum absolute atomic E-state index is 12.5. The van der Waals surface area contributed by atoms with Gasteiger partial charge in [-0.1, -0.05) is 30.3 Å². The minimum atomic E-state index is -0.145. The highest BCUT2D eigenvalue weighted by Gasteiger charge is 2.11. The van der Waals surface area contributed by atoms with Gasteiger partial charge in [0.15, 0.2) is 11.5 Å². The third-order valence-corrected chi connectivity index (χ3v) is 4.22. The van der Waals surface area contributed by atoms with Crippen molar-refractivity contribution in [3.63, 3.8) is 0 Å². The van der Waals surface area contributed by atoms with Crippen LogP contribution in [0.2, 0.25) is 5.02 Å². The largest absolute Gasteiger partial charge is 0.496 e. The predicted molar refractivity (Wildman–Crippen MR) is 112 cm³/mol. The molecular formula is C22H24ClNO4. The van der Waals surface area contributed by atoms with E-state index in [1.165, 1.54) is 6.08 Å². The van der Waals surface area contributed by atoms with Gasteiger partial charge in [0.05, 0.1) is 14.2 Å². The molecule has 0 radical (unpaired) electrons. The van der Waals surface area contributed by atoms with E-state index in [1.54, 1.807) is 62.6 Å². The first kappa shape index (κ1) is 21.4. The monoisotopic (exact) mass is 401 g/mol. The fourth-order valence-corrected chi connectivity index (χ4v) is 2.75. The van der Waals surface area contributed by atoms with E-state index >= 15 is 0 Å². The Hall–Kier alpha value is -2.92. The molecule has 0 saturated carbocycles. The average Bonchev–Trinajstić information content (AvgIpc) is 2.70. The molecule has 28 heavy (non-hydrogen) atoms. The molecule has 0 heterocycles. The van der Waals surface area contributed by atoms with Crippen LogP contribution in [0.1, 0.15) is 11.1 Å². The van der Waals surface area contributed by atoms with E-state index in [2.05, 4.69) is 6.58 Å². The summed E-state index contributed by atoms with van der Waals surface area (Å²) in [7, 11) is 4.88. The molecule has 6 heteroatoms. The van der Waals surface area contributed by atoms with Crippen molar-refractivity contribution in [3.8, 4) is 17.2 Å². The normalized spacial score (nSPS) is 10.6. The van der Waals surface area contributed by atoms with Crippen LogP contribution >= 0.6 is 11.6 Å². The fraction of sp³-hybridized carbons (Fsp3) is 0.227. The Morgan fingerprint density at radius 3 is 2.50 bits per heavy atom. The second kappa shape index (κ2) is 10.4. The average molecular weight is 402 g/mol. The molecule has 0 aliphatic rings. The maximum Gasteiger partial charge on any atom is 0.246 e. The summed E-state index contributed by atoms with van der Waals surface area (Å²) >= 11 is 6.05. The van der Waals surface area contributed by atoms with E-state index < -0.39 is 0 Å². The number of ether oxygens (including phenoxy) is 3. The predicted octanol–water partition coefficient (Wildman–Crippen LogP) is 4.59. The highest BCUT2D eigenvalue weighted by atomic mass is 35.5. The number of hydrogen-bond donors (Lipinski definition) is 0. The van der Waals surface area contributed by atoms with E-state index in [1.807, 2.05) is 12.1 Å². The smallest absolute Gasteiger partial charge is 0.246 e. The molecule has 0 saturated heterocycles. The number of amides is 1. The summed E-state index contributed by atoms with van der Waals surface area (Å²) in [4.78, 5) is 14.1. The van der Waals surface area contributed by atoms with Gasteiger partial charge in [-0.3, -0.25) is 4.79 Å². The van der Waals surface area contributed by atoms with Gasteiger partial charge in [0.25, 0.3) is 0 Å². The second-order valence-electron chi connectivity index (χ2n) is 5.99. The molecule has 0 spiro atoms. The molecule has 2 aromatic carbocycles. The number of carbonyl (C=O) groups excluding carboxylic acids is 1. The van der Waals surface area contributed by atoms with Crippen LogP contribution in [0.25, 0.3) is 6.08 Å². The highest BCUT2D eigenvalue weighted by Crippen LogP contribution is 2.28. The molecule has 0 aliphatic carbocycles. The molecule has 0 N–H and O–H groups in total. The summed E-state index contributed by atoms with van der Waals surface area (Å²) in [5.74, 6) is 1.75. The highest BCUT2D eigenvalue weighted by molar-refractivity contribution is 6.30. The molecule has 0 unspecified atom stereocenters. The lowest BCUT2D eigenvalue weighted by Gasteiger charge is -2.17. The third kappa shape index (κ3) is 5.79. The Morgan fingerprint density at radius 2 is 1.82 bits per heavy atom. The molecule has 0 aromatic heterocycles. The van der Waals surface area contributed by atoms with Crippen LogP contribution in [-0.2, 0) is 11.3 Å². The van der Waals surface area contributed by atoms with Crippen molar-refractivity contribution in [3.05, 3.63) is 71.3 Å². The number of methoxy groups -OCH3 is 2. The molecular weight excluding hydrogens is 378 g/mol. The molecule has 148 valence electrons. The Balaban J connectivity index is 2.08. The number of benzene rings is 2. The molecule has 0 aliphatic heterocycles. The molecule has 0 atom stereocenters. The summed E-state index contributed by atoms with van der Waals surface area (Å²) < 4.78 is 16.2. The summed E-state index contributed by atoms with van der Waals surface area (Å²) in [6.07, 6.45) is 4.90. The number of likely N-dealkylation sites (N-methyl/N-ethyl adjacent to an activating group) is 1. The minimum absolute atomic E-state index is 0.145. The van der Waals surface area contributed by atoms with Gasteiger partial charge in [0.2, 0.25) is 5.91 Å². The van der Waals surface area contributed by atoms with Gasteiger partial charge >= 0.3 is 0 Å². The Labute approximate surface area is 170 Å². The van der Waals surface area contributed by atoms with Crippen molar-refractivity contribution in [2.75, 3.05) is 27.9 Å². The molecule has 5 nitrogen and oxygen atoms in total. The quantitative estimate of drug-likeness (QED) is 0.455. The first-order chi connectivity index (χ1) is 13.5. The fourth-order valence-electron chi connectivity index (χ4n) is 2.55. The van der Waals surface area contributed by atoms with Gasteiger partial charge < -0.3 is 19.1 Å². The van der Waals surface area contributed by atoms with Gasteiger partial charge in [0.1, 0.15) is 12.4 Å². The summed E-state index contributed by atoms with van der Waals surface area (Å²) in [6, 6.07) is 10.8. The van der Waals surface area contributed by atoms with Crippen LogP contribution in [0.5, 0.6) is 17.2 Å². The standard InChI is InChI=1S/C22H24ClNO4/c1-5-12-28-20-9-6-16(13-21(20)27-4)7-11-22(25)24(2)15-17-14-18(23)8-10-19(17)26-3/h5-11,13-14H,1,12,15H2,2-4H3/b11-7+. The van der Waals surface area contributed by atoms with E-state index in [0.717, 1.165) is 11.1 Å². The van der Waals surface area contributed by atoms with Crippen molar-refractivity contribution < 1.29 is 19.0 Å². The third-order valence-electron chi connectivity index (χ3n) is 3.99. The summed E-state index contributed by atoms with van der Waals surface area (Å²) in [6.45, 7) is 4.40. The van der Waals surface area contributed by atoms with Gasteiger partial charge in [-0.25, -0.2) is 0 Å². The van der Waals surface area contributed by atoms with Gasteiger partial charge in [-0.05, 0) is 42.0 Å². The van der Waals surface area contributed by atoms with Gasteiger partial charge in [-0.15, -0.1) is 0 Å². The summed E-state index contributed by atoms with van der Waals surface area (Å²) in [5.41, 5.74) is 1.66. The number of halogens is 1. The van der Waals surface area contributed by atoms with Crippen LogP contribution in [0.15, 0.2) is 55.1 Å². The lowest BCUT2D eigenvalue weighted by molar-refractivity contribution is -0.125. The van der Waals surface area contributed by atoms with Crippen molar-refractivity contribution in [2.24, 2.45) is 0 Å². The Morgan fingerprint density at radius 1 is 1.11 bits per heavy atom. The second-order valence-corrected chi connectivity index (χ2v) is 6.43. The van der Waals surface area contributed by atoms with Crippen molar-refractivity contribution in [2.45, 2.75) is 6.54 Å². The first-order valence-corrected chi connectivity index (χ1v) is 9.03. The van der Waals surface area contributed by atoms with Gasteiger partial charge in [0, 0.05) is 30.3 Å². The lowest BCUT2D eigenvalue weighted by Crippen LogP contribution is -2.24. The Bertz CT molecular complexity index is 864. The van der Waals surface area contributed by atoms with Crippen LogP contribution < -0.4 is 14.2 Å². The van der Waals surface area contributed by atoms with Crippen molar-refractivity contribution in [1.82, 2.24) is 4.90 Å². The first-order valence-electron chi connectivity index (χ1n) is 8.65. The molecule has 1 amide bonds. The number of carbonyl (C=O) groups is 1. The molecule has 0 fully saturated rings. The van der Waals surface area contributed by atoms with E-state index in [0.29, 0.717) is 35.4 Å². The van der Waals surface area contributed by atoms with E-state index in [-0.39, 0.29) is 5.91 Å². The number of rotatable bonds is 9. The topological polar surface area (TPSA) is 48.0 Å². The van der Waals surface area contributed by atoms with Crippen molar-refractivity contribution >= 4 is 23.6 Å². The SMILES string of the molecule is C=CCOc1ccc(/C=C/C(=O)N(C)Cc2cc(Cl)ccc2OC)cc1OC. The van der Waals surface area contributed by atoms with Gasteiger partial charge in [-0.2, -0.15) is 0 Å². The number of nitrogens with zero attached hydrogens (tertiary/aromatic N) is 1. The van der Waals surface area contributed by atoms with E-state index in [4.69, 9.17) is 25.8 Å². The zero-order valence-corrected chi connectivity index (χ0v) is 17.0. The van der Waals surface area contributed by atoms with Crippen LogP contribution in [0, 0.1) is 0 Å².